The number of aliphatic hydroxyl groups excluding tert-OH is 2. The van der Waals surface area contributed by atoms with Gasteiger partial charge in [0.15, 0.2) is 0 Å². The third-order valence-electron chi connectivity index (χ3n) is 1.26. The Kier molecular flexibility index (Phi) is 5.96. The van der Waals surface area contributed by atoms with Crippen LogP contribution in [0.3, 0.4) is 0 Å². The highest BCUT2D eigenvalue weighted by Crippen LogP contribution is 2.35. The Hall–Kier alpha value is -0.500. The van der Waals surface area contributed by atoms with Crippen molar-refractivity contribution in [3.05, 3.63) is 0 Å². The molecule has 0 aliphatic heterocycles. The first-order chi connectivity index (χ1) is 6.76. The molecular formula is C6H13O8P. The van der Waals surface area contributed by atoms with Crippen molar-refractivity contribution in [1.82, 2.24) is 0 Å². The van der Waals surface area contributed by atoms with Crippen molar-refractivity contribution in [1.29, 1.82) is 0 Å². The summed E-state index contributed by atoms with van der Waals surface area (Å²) in [6.07, 6.45) is -2.60. The van der Waals surface area contributed by atoms with Crippen LogP contribution in [0.5, 0.6) is 0 Å². The lowest BCUT2D eigenvalue weighted by Crippen LogP contribution is -2.31. The van der Waals surface area contributed by atoms with Crippen molar-refractivity contribution in [2.45, 2.75) is 19.1 Å². The Bertz CT molecular complexity index is 246. The van der Waals surface area contributed by atoms with Gasteiger partial charge in [-0.05, 0) is 6.92 Å². The highest BCUT2D eigenvalue weighted by molar-refractivity contribution is 7.46. The fraction of sp³-hybridized carbons (Fsp3) is 0.833. The molecule has 90 valence electrons. The van der Waals surface area contributed by atoms with Gasteiger partial charge in [-0.25, -0.2) is 9.36 Å². The number of phosphoric ester groups is 1. The molecule has 0 rings (SSSR count). The van der Waals surface area contributed by atoms with Crippen LogP contribution in [-0.2, 0) is 18.6 Å². The molecular weight excluding hydrogens is 231 g/mol. The first-order valence-electron chi connectivity index (χ1n) is 3.95. The zero-order chi connectivity index (χ0) is 12.1. The van der Waals surface area contributed by atoms with Gasteiger partial charge in [0.05, 0.1) is 13.2 Å². The first kappa shape index (κ1) is 14.5. The SMILES string of the molecule is CC(O)C(=O)OC(CO)COP(=O)(O)O. The molecule has 0 radical (unpaired) electrons. The lowest BCUT2D eigenvalue weighted by atomic mass is 10.4. The van der Waals surface area contributed by atoms with Crippen molar-refractivity contribution in [3.8, 4) is 0 Å². The molecule has 0 aromatic rings. The number of aliphatic hydroxyl groups is 2. The van der Waals surface area contributed by atoms with Gasteiger partial charge in [-0.2, -0.15) is 0 Å². The van der Waals surface area contributed by atoms with Crippen LogP contribution in [0, 0.1) is 0 Å². The van der Waals surface area contributed by atoms with Crippen LogP contribution in [0.2, 0.25) is 0 Å². The van der Waals surface area contributed by atoms with E-state index in [1.807, 2.05) is 0 Å². The number of esters is 1. The van der Waals surface area contributed by atoms with E-state index in [2.05, 4.69) is 9.26 Å². The minimum Gasteiger partial charge on any atom is -0.456 e. The van der Waals surface area contributed by atoms with E-state index in [-0.39, 0.29) is 0 Å². The fourth-order valence-electron chi connectivity index (χ4n) is 0.567. The second-order valence-electron chi connectivity index (χ2n) is 2.70. The van der Waals surface area contributed by atoms with E-state index in [1.165, 1.54) is 0 Å². The Labute approximate surface area is 85.7 Å². The number of carbonyl (C=O) groups is 1. The van der Waals surface area contributed by atoms with Gasteiger partial charge in [0, 0.05) is 0 Å². The van der Waals surface area contributed by atoms with E-state index in [4.69, 9.17) is 20.0 Å². The minimum atomic E-state index is -4.66. The van der Waals surface area contributed by atoms with Crippen molar-refractivity contribution in [3.63, 3.8) is 0 Å². The maximum Gasteiger partial charge on any atom is 0.469 e. The molecule has 0 amide bonds. The maximum atomic E-state index is 10.8. The number of hydrogen-bond acceptors (Lipinski definition) is 6. The highest BCUT2D eigenvalue weighted by Gasteiger charge is 2.22. The summed E-state index contributed by atoms with van der Waals surface area (Å²) in [5, 5.41) is 17.4. The van der Waals surface area contributed by atoms with E-state index in [0.29, 0.717) is 0 Å². The Balaban J connectivity index is 4.04. The quantitative estimate of drug-likeness (QED) is 0.323. The monoisotopic (exact) mass is 244 g/mol. The summed E-state index contributed by atoms with van der Waals surface area (Å²) in [5.41, 5.74) is 0. The van der Waals surface area contributed by atoms with Gasteiger partial charge in [-0.3, -0.25) is 4.52 Å². The van der Waals surface area contributed by atoms with Crippen LogP contribution < -0.4 is 0 Å². The van der Waals surface area contributed by atoms with Crippen LogP contribution in [0.25, 0.3) is 0 Å². The summed E-state index contributed by atoms with van der Waals surface area (Å²) in [4.78, 5) is 27.4. The lowest BCUT2D eigenvalue weighted by molar-refractivity contribution is -0.162. The summed E-state index contributed by atoms with van der Waals surface area (Å²) in [6, 6.07) is 0. The zero-order valence-electron chi connectivity index (χ0n) is 7.94. The van der Waals surface area contributed by atoms with Gasteiger partial charge >= 0.3 is 13.8 Å². The molecule has 9 heteroatoms. The second kappa shape index (κ2) is 6.16. The average Bonchev–Trinajstić information content (AvgIpc) is 2.10. The number of rotatable bonds is 6. The summed E-state index contributed by atoms with van der Waals surface area (Å²) in [7, 11) is -4.66. The largest absolute Gasteiger partial charge is 0.469 e. The molecule has 8 nitrogen and oxygen atoms in total. The third-order valence-corrected chi connectivity index (χ3v) is 1.74. The number of ether oxygens (including phenoxy) is 1. The van der Waals surface area contributed by atoms with Crippen LogP contribution >= 0.6 is 7.82 Å². The van der Waals surface area contributed by atoms with Gasteiger partial charge in [0.1, 0.15) is 12.2 Å². The molecule has 2 unspecified atom stereocenters. The summed E-state index contributed by atoms with van der Waals surface area (Å²) < 4.78 is 18.7. The number of hydrogen-bond donors (Lipinski definition) is 4. The molecule has 0 spiro atoms. The molecule has 0 fully saturated rings. The predicted octanol–water partition coefficient (Wildman–Crippen LogP) is -1.62. The highest BCUT2D eigenvalue weighted by atomic mass is 31.2. The Morgan fingerprint density at radius 3 is 2.33 bits per heavy atom. The van der Waals surface area contributed by atoms with Crippen LogP contribution in [0.1, 0.15) is 6.92 Å². The fourth-order valence-corrected chi connectivity index (χ4v) is 0.927. The number of carbonyl (C=O) groups excluding carboxylic acids is 1. The molecule has 0 saturated heterocycles. The van der Waals surface area contributed by atoms with E-state index in [1.54, 1.807) is 0 Å². The Morgan fingerprint density at radius 2 is 2.00 bits per heavy atom. The normalized spacial score (nSPS) is 15.8. The van der Waals surface area contributed by atoms with Gasteiger partial charge in [-0.1, -0.05) is 0 Å². The molecule has 15 heavy (non-hydrogen) atoms. The predicted molar refractivity (Wildman–Crippen MR) is 46.6 cm³/mol. The van der Waals surface area contributed by atoms with E-state index < -0.39 is 39.2 Å². The number of phosphoric acid groups is 1. The molecule has 0 heterocycles. The average molecular weight is 244 g/mol. The van der Waals surface area contributed by atoms with Crippen molar-refractivity contribution in [2.75, 3.05) is 13.2 Å². The molecule has 2 atom stereocenters. The molecule has 0 aromatic carbocycles. The third kappa shape index (κ3) is 7.43. The summed E-state index contributed by atoms with van der Waals surface area (Å²) >= 11 is 0. The van der Waals surface area contributed by atoms with Crippen molar-refractivity contribution >= 4 is 13.8 Å². The first-order valence-corrected chi connectivity index (χ1v) is 5.49. The van der Waals surface area contributed by atoms with Crippen LogP contribution in [0.15, 0.2) is 0 Å². The molecule has 0 aliphatic carbocycles. The topological polar surface area (TPSA) is 134 Å². The molecule has 0 aromatic heterocycles. The lowest BCUT2D eigenvalue weighted by Gasteiger charge is -2.16. The van der Waals surface area contributed by atoms with E-state index in [0.717, 1.165) is 6.92 Å². The zero-order valence-corrected chi connectivity index (χ0v) is 8.83. The standard InChI is InChI=1S/C6H13O8P/c1-4(8)6(9)14-5(2-7)3-13-15(10,11)12/h4-5,7-8H,2-3H2,1H3,(H2,10,11,12). The molecule has 0 bridgehead atoms. The van der Waals surface area contributed by atoms with Gasteiger partial charge in [-0.15, -0.1) is 0 Å². The summed E-state index contributed by atoms with van der Waals surface area (Å²) in [5.74, 6) is -1.01. The second-order valence-corrected chi connectivity index (χ2v) is 3.94. The van der Waals surface area contributed by atoms with Crippen LogP contribution in [-0.4, -0.2) is 51.4 Å². The molecule has 0 aliphatic rings. The van der Waals surface area contributed by atoms with Crippen molar-refractivity contribution in [2.24, 2.45) is 0 Å². The van der Waals surface area contributed by atoms with Gasteiger partial charge in [0.2, 0.25) is 0 Å². The minimum absolute atomic E-state index is 0.654. The Morgan fingerprint density at radius 1 is 1.47 bits per heavy atom. The smallest absolute Gasteiger partial charge is 0.456 e. The maximum absolute atomic E-state index is 10.8. The van der Waals surface area contributed by atoms with E-state index >= 15 is 0 Å². The molecule has 4 N–H and O–H groups in total. The van der Waals surface area contributed by atoms with Gasteiger partial charge in [0.25, 0.3) is 0 Å². The summed E-state index contributed by atoms with van der Waals surface area (Å²) in [6.45, 7) is -0.168. The van der Waals surface area contributed by atoms with E-state index in [9.17, 15) is 9.36 Å². The van der Waals surface area contributed by atoms with Crippen molar-refractivity contribution < 1.29 is 38.6 Å². The van der Waals surface area contributed by atoms with Crippen LogP contribution in [0.4, 0.5) is 0 Å². The van der Waals surface area contributed by atoms with Gasteiger partial charge < -0.3 is 24.7 Å². The molecule has 0 saturated carbocycles.